The Balaban J connectivity index is 1.91. The zero-order valence-corrected chi connectivity index (χ0v) is 14.9. The highest BCUT2D eigenvalue weighted by atomic mass is 16.2. The quantitative estimate of drug-likeness (QED) is 0.746. The number of hydrogen-bond donors (Lipinski definition) is 2. The zero-order valence-electron chi connectivity index (χ0n) is 14.9. The average Bonchev–Trinajstić information content (AvgIpc) is 2.62. The highest BCUT2D eigenvalue weighted by Crippen LogP contribution is 2.16. The molecule has 2 amide bonds. The molecule has 0 bridgehead atoms. The van der Waals surface area contributed by atoms with E-state index >= 15 is 0 Å². The van der Waals surface area contributed by atoms with Crippen molar-refractivity contribution in [3.05, 3.63) is 82.3 Å². The van der Waals surface area contributed by atoms with Crippen molar-refractivity contribution in [1.82, 2.24) is 9.78 Å². The predicted octanol–water partition coefficient (Wildman–Crippen LogP) is 2.75. The SMILES string of the molecule is CC(=O)Nc1cccc(NC(=O)c2nn(-c3ccccc3)c(C)cc2=O)c1. The summed E-state index contributed by atoms with van der Waals surface area (Å²) in [5.41, 5.74) is 1.68. The molecule has 7 heteroatoms. The molecule has 0 saturated carbocycles. The molecule has 2 aromatic carbocycles. The van der Waals surface area contributed by atoms with Gasteiger partial charge in [-0.15, -0.1) is 0 Å². The van der Waals surface area contributed by atoms with E-state index in [0.29, 0.717) is 17.1 Å². The molecule has 0 aliphatic heterocycles. The maximum Gasteiger partial charge on any atom is 0.280 e. The first-order valence-electron chi connectivity index (χ1n) is 8.29. The number of anilines is 2. The van der Waals surface area contributed by atoms with E-state index in [-0.39, 0.29) is 11.6 Å². The summed E-state index contributed by atoms with van der Waals surface area (Å²) < 4.78 is 1.55. The van der Waals surface area contributed by atoms with Crippen LogP contribution in [0.15, 0.2) is 65.5 Å². The van der Waals surface area contributed by atoms with E-state index in [9.17, 15) is 14.4 Å². The number of nitrogens with zero attached hydrogens (tertiary/aromatic N) is 2. The van der Waals surface area contributed by atoms with E-state index in [1.54, 1.807) is 35.9 Å². The number of para-hydroxylation sites is 1. The third-order valence-electron chi connectivity index (χ3n) is 3.76. The van der Waals surface area contributed by atoms with Crippen LogP contribution in [0.2, 0.25) is 0 Å². The minimum atomic E-state index is -0.621. The molecule has 0 unspecified atom stereocenters. The molecule has 7 nitrogen and oxygen atoms in total. The minimum Gasteiger partial charge on any atom is -0.326 e. The first-order valence-corrected chi connectivity index (χ1v) is 8.29. The van der Waals surface area contributed by atoms with Crippen molar-refractivity contribution in [2.45, 2.75) is 13.8 Å². The molecule has 3 rings (SSSR count). The number of carbonyl (C=O) groups excluding carboxylic acids is 2. The maximum atomic E-state index is 12.6. The van der Waals surface area contributed by atoms with Gasteiger partial charge in [-0.25, -0.2) is 4.68 Å². The first kappa shape index (κ1) is 18.1. The lowest BCUT2D eigenvalue weighted by Gasteiger charge is -2.11. The Morgan fingerprint density at radius 1 is 0.926 bits per heavy atom. The molecule has 27 heavy (non-hydrogen) atoms. The van der Waals surface area contributed by atoms with Gasteiger partial charge < -0.3 is 10.6 Å². The van der Waals surface area contributed by atoms with Crippen molar-refractivity contribution in [3.8, 4) is 5.69 Å². The molecular weight excluding hydrogens is 344 g/mol. The molecule has 0 saturated heterocycles. The summed E-state index contributed by atoms with van der Waals surface area (Å²) in [4.78, 5) is 36.0. The fraction of sp³-hybridized carbons (Fsp3) is 0.100. The Kier molecular flexibility index (Phi) is 5.12. The number of carbonyl (C=O) groups is 2. The van der Waals surface area contributed by atoms with Crippen LogP contribution in [0.5, 0.6) is 0 Å². The van der Waals surface area contributed by atoms with Gasteiger partial charge in [-0.1, -0.05) is 24.3 Å². The largest absolute Gasteiger partial charge is 0.326 e. The third kappa shape index (κ3) is 4.27. The molecule has 0 aliphatic rings. The number of aryl methyl sites for hydroxylation is 1. The molecular formula is C20H18N4O3. The normalized spacial score (nSPS) is 10.3. The van der Waals surface area contributed by atoms with Gasteiger partial charge in [0, 0.05) is 30.1 Å². The smallest absolute Gasteiger partial charge is 0.280 e. The second-order valence-corrected chi connectivity index (χ2v) is 5.96. The summed E-state index contributed by atoms with van der Waals surface area (Å²) in [5, 5.41) is 9.51. The standard InChI is InChI=1S/C20H18N4O3/c1-13-11-18(26)19(23-24(13)17-9-4-3-5-10-17)20(27)22-16-8-6-7-15(12-16)21-14(2)25/h3-12H,1-2H3,(H,21,25)(H,22,27). The Bertz CT molecular complexity index is 1060. The van der Waals surface area contributed by atoms with E-state index < -0.39 is 11.3 Å². The van der Waals surface area contributed by atoms with Gasteiger partial charge in [0.1, 0.15) is 0 Å². The lowest BCUT2D eigenvalue weighted by molar-refractivity contribution is -0.114. The van der Waals surface area contributed by atoms with Crippen molar-refractivity contribution >= 4 is 23.2 Å². The second kappa shape index (κ2) is 7.65. The Morgan fingerprint density at radius 2 is 1.59 bits per heavy atom. The maximum absolute atomic E-state index is 12.6. The topological polar surface area (TPSA) is 93.1 Å². The second-order valence-electron chi connectivity index (χ2n) is 5.96. The van der Waals surface area contributed by atoms with Crippen LogP contribution in [0.25, 0.3) is 5.69 Å². The molecule has 2 N–H and O–H groups in total. The summed E-state index contributed by atoms with van der Waals surface area (Å²) in [5.74, 6) is -0.839. The highest BCUT2D eigenvalue weighted by molar-refractivity contribution is 6.03. The monoisotopic (exact) mass is 362 g/mol. The fourth-order valence-electron chi connectivity index (χ4n) is 2.60. The zero-order chi connectivity index (χ0) is 19.4. The van der Waals surface area contributed by atoms with Crippen molar-refractivity contribution in [3.63, 3.8) is 0 Å². The van der Waals surface area contributed by atoms with E-state index in [2.05, 4.69) is 15.7 Å². The van der Waals surface area contributed by atoms with E-state index in [0.717, 1.165) is 5.69 Å². The molecule has 3 aromatic rings. The Hall–Kier alpha value is -3.74. The number of hydrogen-bond acceptors (Lipinski definition) is 4. The first-order chi connectivity index (χ1) is 12.9. The van der Waals surface area contributed by atoms with Crippen LogP contribution < -0.4 is 16.1 Å². The van der Waals surface area contributed by atoms with E-state index in [1.165, 1.54) is 13.0 Å². The average molecular weight is 362 g/mol. The molecule has 0 aliphatic carbocycles. The van der Waals surface area contributed by atoms with Crippen molar-refractivity contribution < 1.29 is 9.59 Å². The number of amides is 2. The number of benzene rings is 2. The van der Waals surface area contributed by atoms with Gasteiger partial charge in [0.25, 0.3) is 5.91 Å². The van der Waals surface area contributed by atoms with Crippen LogP contribution >= 0.6 is 0 Å². The molecule has 1 heterocycles. The molecule has 0 atom stereocenters. The van der Waals surface area contributed by atoms with Gasteiger partial charge in [0.2, 0.25) is 11.3 Å². The highest BCUT2D eigenvalue weighted by Gasteiger charge is 2.15. The third-order valence-corrected chi connectivity index (χ3v) is 3.76. The summed E-state index contributed by atoms with van der Waals surface area (Å²) >= 11 is 0. The molecule has 0 radical (unpaired) electrons. The van der Waals surface area contributed by atoms with Gasteiger partial charge in [-0.05, 0) is 37.3 Å². The predicted molar refractivity (Wildman–Crippen MR) is 103 cm³/mol. The van der Waals surface area contributed by atoms with Crippen molar-refractivity contribution in [2.24, 2.45) is 0 Å². The van der Waals surface area contributed by atoms with Gasteiger partial charge in [-0.3, -0.25) is 14.4 Å². The summed E-state index contributed by atoms with van der Waals surface area (Å²) in [6.07, 6.45) is 0. The number of nitrogens with one attached hydrogen (secondary N) is 2. The molecule has 0 fully saturated rings. The van der Waals surface area contributed by atoms with Crippen LogP contribution in [0.3, 0.4) is 0 Å². The van der Waals surface area contributed by atoms with Gasteiger partial charge in [0.15, 0.2) is 5.69 Å². The number of rotatable bonds is 4. The van der Waals surface area contributed by atoms with Crippen LogP contribution in [-0.4, -0.2) is 21.6 Å². The van der Waals surface area contributed by atoms with E-state index in [4.69, 9.17) is 0 Å². The Morgan fingerprint density at radius 3 is 2.26 bits per heavy atom. The lowest BCUT2D eigenvalue weighted by Crippen LogP contribution is -2.26. The van der Waals surface area contributed by atoms with Gasteiger partial charge >= 0.3 is 0 Å². The molecule has 0 spiro atoms. The van der Waals surface area contributed by atoms with Crippen LogP contribution in [0.1, 0.15) is 23.1 Å². The van der Waals surface area contributed by atoms with Crippen molar-refractivity contribution in [2.75, 3.05) is 10.6 Å². The molecule has 1 aromatic heterocycles. The van der Waals surface area contributed by atoms with Gasteiger partial charge in [-0.2, -0.15) is 5.10 Å². The van der Waals surface area contributed by atoms with E-state index in [1.807, 2.05) is 30.3 Å². The molecule has 136 valence electrons. The van der Waals surface area contributed by atoms with Crippen LogP contribution in [-0.2, 0) is 4.79 Å². The minimum absolute atomic E-state index is 0.214. The van der Waals surface area contributed by atoms with Crippen LogP contribution in [0, 0.1) is 6.92 Å². The Labute approximate surface area is 155 Å². The lowest BCUT2D eigenvalue weighted by atomic mass is 10.2. The summed E-state index contributed by atoms with van der Waals surface area (Å²) in [7, 11) is 0. The van der Waals surface area contributed by atoms with Crippen LogP contribution in [0.4, 0.5) is 11.4 Å². The fourth-order valence-corrected chi connectivity index (χ4v) is 2.60. The summed E-state index contributed by atoms with van der Waals surface area (Å²) in [6, 6.07) is 17.3. The number of aromatic nitrogens is 2. The van der Waals surface area contributed by atoms with Gasteiger partial charge in [0.05, 0.1) is 5.69 Å². The summed E-state index contributed by atoms with van der Waals surface area (Å²) in [6.45, 7) is 3.15. The van der Waals surface area contributed by atoms with Crippen molar-refractivity contribution in [1.29, 1.82) is 0 Å².